The van der Waals surface area contributed by atoms with Gasteiger partial charge in [-0.25, -0.2) is 4.79 Å². The van der Waals surface area contributed by atoms with Crippen LogP contribution >= 0.6 is 0 Å². The number of nitrogens with one attached hydrogen (secondary N) is 2. The van der Waals surface area contributed by atoms with Crippen LogP contribution in [0, 0.1) is 5.92 Å². The molecule has 1 aliphatic rings. The number of aliphatic carboxylic acids is 1. The van der Waals surface area contributed by atoms with Gasteiger partial charge in [0.25, 0.3) is 0 Å². The van der Waals surface area contributed by atoms with Crippen LogP contribution in [-0.2, 0) is 25.6 Å². The summed E-state index contributed by atoms with van der Waals surface area (Å²) in [4.78, 5) is 50.1. The van der Waals surface area contributed by atoms with Crippen LogP contribution in [0.3, 0.4) is 0 Å². The molecule has 9 heteroatoms. The Labute approximate surface area is 182 Å². The van der Waals surface area contributed by atoms with Crippen molar-refractivity contribution < 1.29 is 24.3 Å². The average molecular weight is 433 g/mol. The molecule has 1 aromatic rings. The first-order chi connectivity index (χ1) is 14.7. The fraction of sp³-hybridized carbons (Fsp3) is 0.545. The van der Waals surface area contributed by atoms with Gasteiger partial charge >= 0.3 is 5.97 Å². The number of nitrogens with zero attached hydrogens (tertiary/aromatic N) is 1. The zero-order valence-corrected chi connectivity index (χ0v) is 18.0. The van der Waals surface area contributed by atoms with Gasteiger partial charge in [0.1, 0.15) is 12.1 Å². The van der Waals surface area contributed by atoms with Crippen molar-refractivity contribution in [3.05, 3.63) is 35.9 Å². The number of nitrogens with two attached hydrogens (primary N) is 1. The Morgan fingerprint density at radius 2 is 1.84 bits per heavy atom. The smallest absolute Gasteiger partial charge is 0.326 e. The third-order valence-corrected chi connectivity index (χ3v) is 5.25. The van der Waals surface area contributed by atoms with Crippen LogP contribution < -0.4 is 16.4 Å². The van der Waals surface area contributed by atoms with Crippen LogP contribution in [0.25, 0.3) is 0 Å². The van der Waals surface area contributed by atoms with Crippen molar-refractivity contribution in [3.63, 3.8) is 0 Å². The van der Waals surface area contributed by atoms with E-state index >= 15 is 0 Å². The van der Waals surface area contributed by atoms with Gasteiger partial charge in [-0.1, -0.05) is 44.2 Å². The molecular formula is C22H32N4O5. The van der Waals surface area contributed by atoms with Crippen LogP contribution in [-0.4, -0.2) is 64.9 Å². The Kier molecular flexibility index (Phi) is 8.99. The third kappa shape index (κ3) is 7.36. The standard InChI is InChI=1S/C22H32N4O5/c1-14(2)11-17(25-20(28)16(23)12-15-7-4-3-5-8-15)21(29)24-13-19(27)26-10-6-9-18(26)22(30)31/h3-5,7-8,14,16-18H,6,9-13,23H2,1-2H3,(H,24,29)(H,25,28)(H,30,31). The molecule has 170 valence electrons. The molecule has 31 heavy (non-hydrogen) atoms. The number of rotatable bonds is 10. The first-order valence-electron chi connectivity index (χ1n) is 10.6. The highest BCUT2D eigenvalue weighted by Crippen LogP contribution is 2.17. The normalized spacial score (nSPS) is 17.8. The lowest BCUT2D eigenvalue weighted by molar-refractivity contribution is -0.148. The molecule has 3 atom stereocenters. The Balaban J connectivity index is 1.92. The van der Waals surface area contributed by atoms with Crippen molar-refractivity contribution in [1.82, 2.24) is 15.5 Å². The highest BCUT2D eigenvalue weighted by molar-refractivity contribution is 5.92. The summed E-state index contributed by atoms with van der Waals surface area (Å²) in [5.74, 6) is -2.31. The Morgan fingerprint density at radius 1 is 1.16 bits per heavy atom. The quantitative estimate of drug-likeness (QED) is 0.418. The minimum Gasteiger partial charge on any atom is -0.480 e. The number of carboxylic acid groups (broad SMARTS) is 1. The SMILES string of the molecule is CC(C)CC(NC(=O)C(N)Cc1ccccc1)C(=O)NCC(=O)N1CCCC1C(=O)O. The maximum absolute atomic E-state index is 12.7. The van der Waals surface area contributed by atoms with E-state index in [0.717, 1.165) is 5.56 Å². The van der Waals surface area contributed by atoms with Crippen molar-refractivity contribution in [1.29, 1.82) is 0 Å². The first kappa shape index (κ1) is 24.3. The Hall–Kier alpha value is -2.94. The molecule has 5 N–H and O–H groups in total. The highest BCUT2D eigenvalue weighted by Gasteiger charge is 2.34. The molecule has 1 saturated heterocycles. The second kappa shape index (κ2) is 11.5. The van der Waals surface area contributed by atoms with Crippen molar-refractivity contribution in [2.75, 3.05) is 13.1 Å². The largest absolute Gasteiger partial charge is 0.480 e. The van der Waals surface area contributed by atoms with E-state index in [9.17, 15) is 24.3 Å². The molecular weight excluding hydrogens is 400 g/mol. The zero-order chi connectivity index (χ0) is 23.0. The van der Waals surface area contributed by atoms with Gasteiger partial charge in [-0.05, 0) is 37.2 Å². The number of amides is 3. The van der Waals surface area contributed by atoms with E-state index in [0.29, 0.717) is 32.2 Å². The van der Waals surface area contributed by atoms with Gasteiger partial charge in [0.05, 0.1) is 12.6 Å². The summed E-state index contributed by atoms with van der Waals surface area (Å²) < 4.78 is 0. The molecule has 0 radical (unpaired) electrons. The van der Waals surface area contributed by atoms with E-state index in [1.807, 2.05) is 44.2 Å². The molecule has 0 bridgehead atoms. The minimum atomic E-state index is -1.05. The van der Waals surface area contributed by atoms with E-state index in [2.05, 4.69) is 10.6 Å². The van der Waals surface area contributed by atoms with E-state index in [1.165, 1.54) is 4.90 Å². The van der Waals surface area contributed by atoms with E-state index in [4.69, 9.17) is 5.73 Å². The molecule has 0 aromatic heterocycles. The molecule has 3 amide bonds. The Bertz CT molecular complexity index is 783. The molecule has 1 fully saturated rings. The van der Waals surface area contributed by atoms with Gasteiger partial charge in [0.2, 0.25) is 17.7 Å². The van der Waals surface area contributed by atoms with Crippen LogP contribution in [0.5, 0.6) is 0 Å². The molecule has 1 heterocycles. The van der Waals surface area contributed by atoms with Gasteiger partial charge < -0.3 is 26.4 Å². The summed E-state index contributed by atoms with van der Waals surface area (Å²) in [6.07, 6.45) is 1.74. The monoisotopic (exact) mass is 432 g/mol. The third-order valence-electron chi connectivity index (χ3n) is 5.25. The van der Waals surface area contributed by atoms with Crippen molar-refractivity contribution in [2.45, 2.75) is 57.7 Å². The number of carbonyl (C=O) groups excluding carboxylic acids is 3. The summed E-state index contributed by atoms with van der Waals surface area (Å²) in [6, 6.07) is 6.84. The van der Waals surface area contributed by atoms with Gasteiger partial charge in [-0.15, -0.1) is 0 Å². The van der Waals surface area contributed by atoms with E-state index in [1.54, 1.807) is 0 Å². The topological polar surface area (TPSA) is 142 Å². The number of hydrogen-bond donors (Lipinski definition) is 4. The highest BCUT2D eigenvalue weighted by atomic mass is 16.4. The lowest BCUT2D eigenvalue weighted by Gasteiger charge is -2.24. The molecule has 0 spiro atoms. The fourth-order valence-electron chi connectivity index (χ4n) is 3.65. The van der Waals surface area contributed by atoms with Crippen LogP contribution in [0.2, 0.25) is 0 Å². The number of carbonyl (C=O) groups is 4. The predicted octanol–water partition coefficient (Wildman–Crippen LogP) is 0.279. The van der Waals surface area contributed by atoms with Gasteiger partial charge in [0.15, 0.2) is 0 Å². The average Bonchev–Trinajstić information content (AvgIpc) is 3.22. The maximum Gasteiger partial charge on any atom is 0.326 e. The first-order valence-corrected chi connectivity index (χ1v) is 10.6. The molecule has 1 aromatic carbocycles. The summed E-state index contributed by atoms with van der Waals surface area (Å²) in [6.45, 7) is 3.88. The minimum absolute atomic E-state index is 0.118. The fourth-order valence-corrected chi connectivity index (χ4v) is 3.65. The molecule has 9 nitrogen and oxygen atoms in total. The van der Waals surface area contributed by atoms with Gasteiger partial charge in [0, 0.05) is 6.54 Å². The van der Waals surface area contributed by atoms with Gasteiger partial charge in [-0.3, -0.25) is 14.4 Å². The van der Waals surface area contributed by atoms with Crippen molar-refractivity contribution >= 4 is 23.7 Å². The number of likely N-dealkylation sites (tertiary alicyclic amines) is 1. The second-order valence-corrected chi connectivity index (χ2v) is 8.29. The Morgan fingerprint density at radius 3 is 2.45 bits per heavy atom. The number of benzene rings is 1. The summed E-state index contributed by atoms with van der Waals surface area (Å²) in [7, 11) is 0. The second-order valence-electron chi connectivity index (χ2n) is 8.29. The van der Waals surface area contributed by atoms with E-state index in [-0.39, 0.29) is 12.5 Å². The van der Waals surface area contributed by atoms with Crippen LogP contribution in [0.1, 0.15) is 38.7 Å². The predicted molar refractivity (Wildman–Crippen MR) is 115 cm³/mol. The zero-order valence-electron chi connectivity index (χ0n) is 18.0. The lowest BCUT2D eigenvalue weighted by Crippen LogP contribution is -2.54. The van der Waals surface area contributed by atoms with Crippen LogP contribution in [0.4, 0.5) is 0 Å². The molecule has 3 unspecified atom stereocenters. The van der Waals surface area contributed by atoms with Crippen molar-refractivity contribution in [3.8, 4) is 0 Å². The molecule has 0 saturated carbocycles. The van der Waals surface area contributed by atoms with Gasteiger partial charge in [-0.2, -0.15) is 0 Å². The summed E-state index contributed by atoms with van der Waals surface area (Å²) >= 11 is 0. The summed E-state index contributed by atoms with van der Waals surface area (Å²) in [5.41, 5.74) is 6.93. The lowest BCUT2D eigenvalue weighted by atomic mass is 10.0. The molecule has 1 aliphatic heterocycles. The van der Waals surface area contributed by atoms with Crippen LogP contribution in [0.15, 0.2) is 30.3 Å². The molecule has 2 rings (SSSR count). The maximum atomic E-state index is 12.7. The van der Waals surface area contributed by atoms with Crippen molar-refractivity contribution in [2.24, 2.45) is 11.7 Å². The molecule has 0 aliphatic carbocycles. The number of hydrogen-bond acceptors (Lipinski definition) is 5. The van der Waals surface area contributed by atoms with E-state index < -0.39 is 41.8 Å². The number of carboxylic acids is 1. The summed E-state index contributed by atoms with van der Waals surface area (Å²) in [5, 5.41) is 14.4.